The van der Waals surface area contributed by atoms with Gasteiger partial charge in [-0.25, -0.2) is 4.79 Å². The van der Waals surface area contributed by atoms with E-state index in [9.17, 15) is 9.59 Å². The van der Waals surface area contributed by atoms with Crippen LogP contribution in [-0.2, 0) is 4.79 Å². The first kappa shape index (κ1) is 21.5. The third-order valence-electron chi connectivity index (χ3n) is 4.67. The maximum Gasteiger partial charge on any atom is 0.319 e. The lowest BCUT2D eigenvalue weighted by Crippen LogP contribution is -2.32. The Morgan fingerprint density at radius 2 is 1.39 bits per heavy atom. The minimum Gasteiger partial charge on any atom is -0.331 e. The van der Waals surface area contributed by atoms with E-state index in [1.807, 2.05) is 37.3 Å². The Balaban J connectivity index is 2.17. The molecule has 0 saturated heterocycles. The fraction of sp³-hybridized carbons (Fsp3) is 0.391. The summed E-state index contributed by atoms with van der Waals surface area (Å²) in [4.78, 5) is 24.0. The zero-order valence-corrected chi connectivity index (χ0v) is 17.6. The highest BCUT2D eigenvalue weighted by atomic mass is 16.2. The summed E-state index contributed by atoms with van der Waals surface area (Å²) in [7, 11) is 0. The third-order valence-corrected chi connectivity index (χ3v) is 4.67. The normalized spacial score (nSPS) is 12.0. The lowest BCUT2D eigenvalue weighted by Gasteiger charge is -2.22. The largest absolute Gasteiger partial charge is 0.331 e. The Morgan fingerprint density at radius 3 is 1.93 bits per heavy atom. The first-order valence-electron chi connectivity index (χ1n) is 9.77. The van der Waals surface area contributed by atoms with E-state index in [1.54, 1.807) is 0 Å². The molecule has 0 aliphatic carbocycles. The van der Waals surface area contributed by atoms with E-state index in [2.05, 4.69) is 55.8 Å². The van der Waals surface area contributed by atoms with Crippen molar-refractivity contribution in [1.82, 2.24) is 5.32 Å². The van der Waals surface area contributed by atoms with Crippen LogP contribution < -0.4 is 16.0 Å². The van der Waals surface area contributed by atoms with Crippen LogP contribution in [0, 0.1) is 0 Å². The number of hydrogen-bond donors (Lipinski definition) is 3. The number of nitrogens with one attached hydrogen (secondary N) is 3. The maximum absolute atomic E-state index is 12.7. The van der Waals surface area contributed by atoms with E-state index in [0.717, 1.165) is 22.4 Å². The molecule has 0 aliphatic rings. The van der Waals surface area contributed by atoms with Gasteiger partial charge in [-0.1, -0.05) is 58.0 Å². The number of urea groups is 1. The number of rotatable bonds is 6. The van der Waals surface area contributed by atoms with Crippen LogP contribution in [0.5, 0.6) is 0 Å². The van der Waals surface area contributed by atoms with Gasteiger partial charge >= 0.3 is 6.03 Å². The van der Waals surface area contributed by atoms with Crippen LogP contribution in [0.2, 0.25) is 0 Å². The molecule has 0 saturated carbocycles. The number of amides is 3. The average Bonchev–Trinajstić information content (AvgIpc) is 2.61. The van der Waals surface area contributed by atoms with Crippen molar-refractivity contribution in [1.29, 1.82) is 0 Å². The molecule has 28 heavy (non-hydrogen) atoms. The molecule has 3 N–H and O–H groups in total. The minimum atomic E-state index is -0.243. The molecule has 0 aromatic heterocycles. The number of para-hydroxylation sites is 1. The first-order chi connectivity index (χ1) is 13.2. The van der Waals surface area contributed by atoms with Crippen molar-refractivity contribution in [3.63, 3.8) is 0 Å². The Morgan fingerprint density at radius 1 is 0.821 bits per heavy atom. The van der Waals surface area contributed by atoms with E-state index < -0.39 is 0 Å². The molecule has 0 heterocycles. The van der Waals surface area contributed by atoms with E-state index in [0.29, 0.717) is 17.5 Å². The van der Waals surface area contributed by atoms with Crippen LogP contribution in [0.1, 0.15) is 76.1 Å². The third kappa shape index (κ3) is 5.59. The molecule has 0 aliphatic heterocycles. The van der Waals surface area contributed by atoms with Crippen LogP contribution in [-0.4, -0.2) is 11.9 Å². The van der Waals surface area contributed by atoms with Crippen LogP contribution in [0.25, 0.3) is 0 Å². The van der Waals surface area contributed by atoms with E-state index in [4.69, 9.17) is 0 Å². The second kappa shape index (κ2) is 9.40. The Labute approximate surface area is 167 Å². The summed E-state index contributed by atoms with van der Waals surface area (Å²) in [6.45, 7) is 11.9. The lowest BCUT2D eigenvalue weighted by molar-refractivity contribution is -0.114. The van der Waals surface area contributed by atoms with Gasteiger partial charge in [0.1, 0.15) is 0 Å². The minimum absolute atomic E-state index is 0.123. The van der Waals surface area contributed by atoms with Gasteiger partial charge in [0.05, 0.1) is 6.04 Å². The van der Waals surface area contributed by atoms with Gasteiger partial charge in [-0.15, -0.1) is 0 Å². The zero-order valence-electron chi connectivity index (χ0n) is 17.6. The molecule has 150 valence electrons. The summed E-state index contributed by atoms with van der Waals surface area (Å²) >= 11 is 0. The van der Waals surface area contributed by atoms with Crippen molar-refractivity contribution in [3.8, 4) is 0 Å². The number of anilines is 2. The standard InChI is InChI=1S/C23H31N3O2/c1-14(2)20-11-8-12-21(15(3)4)22(20)26-23(28)24-16(5)18-9-7-10-19(13-18)25-17(6)27/h7-16H,1-6H3,(H,25,27)(H2,24,26,28). The molecule has 0 spiro atoms. The van der Waals surface area contributed by atoms with E-state index in [-0.39, 0.29) is 18.0 Å². The Bertz CT molecular complexity index is 817. The van der Waals surface area contributed by atoms with Crippen molar-refractivity contribution < 1.29 is 9.59 Å². The number of hydrogen-bond acceptors (Lipinski definition) is 2. The van der Waals surface area contributed by atoms with Gasteiger partial charge < -0.3 is 16.0 Å². The van der Waals surface area contributed by atoms with Crippen molar-refractivity contribution in [2.24, 2.45) is 0 Å². The summed E-state index contributed by atoms with van der Waals surface area (Å²) in [5.41, 5.74) is 4.78. The summed E-state index contributed by atoms with van der Waals surface area (Å²) in [6.07, 6.45) is 0. The van der Waals surface area contributed by atoms with Crippen molar-refractivity contribution >= 4 is 23.3 Å². The topological polar surface area (TPSA) is 70.2 Å². The monoisotopic (exact) mass is 381 g/mol. The molecule has 5 nitrogen and oxygen atoms in total. The van der Waals surface area contributed by atoms with Crippen molar-refractivity contribution in [2.45, 2.75) is 59.4 Å². The maximum atomic E-state index is 12.7. The fourth-order valence-electron chi connectivity index (χ4n) is 3.21. The predicted molar refractivity (Wildman–Crippen MR) is 116 cm³/mol. The van der Waals surface area contributed by atoms with Crippen LogP contribution in [0.15, 0.2) is 42.5 Å². The SMILES string of the molecule is CC(=O)Nc1cccc(C(C)NC(=O)Nc2c(C(C)C)cccc2C(C)C)c1. The fourth-order valence-corrected chi connectivity index (χ4v) is 3.21. The molecule has 2 aromatic carbocycles. The molecule has 2 aromatic rings. The van der Waals surface area contributed by atoms with Gasteiger partial charge in [0.2, 0.25) is 5.91 Å². The van der Waals surface area contributed by atoms with Gasteiger partial charge in [-0.2, -0.15) is 0 Å². The number of benzene rings is 2. The second-order valence-corrected chi connectivity index (χ2v) is 7.75. The van der Waals surface area contributed by atoms with Gasteiger partial charge in [0, 0.05) is 18.3 Å². The second-order valence-electron chi connectivity index (χ2n) is 7.75. The molecule has 0 fully saturated rings. The van der Waals surface area contributed by atoms with E-state index in [1.165, 1.54) is 6.92 Å². The molecule has 5 heteroatoms. The summed E-state index contributed by atoms with van der Waals surface area (Å²) < 4.78 is 0. The van der Waals surface area contributed by atoms with Crippen molar-refractivity contribution in [3.05, 3.63) is 59.2 Å². The highest BCUT2D eigenvalue weighted by molar-refractivity contribution is 5.92. The molecule has 3 amide bonds. The highest BCUT2D eigenvalue weighted by Gasteiger charge is 2.17. The molecule has 1 unspecified atom stereocenters. The van der Waals surface area contributed by atoms with Crippen LogP contribution >= 0.6 is 0 Å². The van der Waals surface area contributed by atoms with Crippen LogP contribution in [0.3, 0.4) is 0 Å². The predicted octanol–water partition coefficient (Wildman–Crippen LogP) is 5.77. The summed E-state index contributed by atoms with van der Waals surface area (Å²) in [6, 6.07) is 13.2. The van der Waals surface area contributed by atoms with Crippen LogP contribution in [0.4, 0.5) is 16.2 Å². The molecule has 1 atom stereocenters. The Kier molecular flexibility index (Phi) is 7.21. The molecule has 0 radical (unpaired) electrons. The van der Waals surface area contributed by atoms with Gasteiger partial charge in [0.25, 0.3) is 0 Å². The zero-order chi connectivity index (χ0) is 20.8. The molecular formula is C23H31N3O2. The lowest BCUT2D eigenvalue weighted by atomic mass is 9.93. The Hall–Kier alpha value is -2.82. The summed E-state index contributed by atoms with van der Waals surface area (Å²) in [5.74, 6) is 0.489. The summed E-state index contributed by atoms with van der Waals surface area (Å²) in [5, 5.41) is 8.83. The molecular weight excluding hydrogens is 350 g/mol. The number of carbonyl (C=O) groups excluding carboxylic acids is 2. The first-order valence-corrected chi connectivity index (χ1v) is 9.77. The average molecular weight is 382 g/mol. The quantitative estimate of drug-likeness (QED) is 0.594. The van der Waals surface area contributed by atoms with E-state index >= 15 is 0 Å². The van der Waals surface area contributed by atoms with Gasteiger partial charge in [-0.05, 0) is 47.6 Å². The highest BCUT2D eigenvalue weighted by Crippen LogP contribution is 2.32. The van der Waals surface area contributed by atoms with Gasteiger partial charge in [0.15, 0.2) is 0 Å². The molecule has 2 rings (SSSR count). The van der Waals surface area contributed by atoms with Gasteiger partial charge in [-0.3, -0.25) is 4.79 Å². The van der Waals surface area contributed by atoms with Crippen molar-refractivity contribution in [2.75, 3.05) is 10.6 Å². The number of carbonyl (C=O) groups is 2. The smallest absolute Gasteiger partial charge is 0.319 e. The molecule has 0 bridgehead atoms.